The first-order valence-corrected chi connectivity index (χ1v) is 8.32. The van der Waals surface area contributed by atoms with E-state index in [1.54, 1.807) is 16.2 Å². The van der Waals surface area contributed by atoms with E-state index in [2.05, 4.69) is 15.3 Å². The summed E-state index contributed by atoms with van der Waals surface area (Å²) in [4.78, 5) is 22.7. The number of nitrogens with zero attached hydrogens (tertiary/aromatic N) is 3. The number of amidine groups is 1. The zero-order chi connectivity index (χ0) is 16.3. The molecule has 0 radical (unpaired) electrons. The molecule has 1 aliphatic heterocycles. The summed E-state index contributed by atoms with van der Waals surface area (Å²) in [6.45, 7) is 11.3. The molecular formula is C15H24N4O2S. The predicted molar refractivity (Wildman–Crippen MR) is 88.5 cm³/mol. The molecule has 0 bridgehead atoms. The smallest absolute Gasteiger partial charge is 0.410 e. The molecule has 2 rings (SSSR count). The van der Waals surface area contributed by atoms with E-state index in [-0.39, 0.29) is 12.1 Å². The van der Waals surface area contributed by atoms with Gasteiger partial charge in [0.2, 0.25) is 0 Å². The summed E-state index contributed by atoms with van der Waals surface area (Å²) < 4.78 is 5.41. The number of rotatable bonds is 2. The van der Waals surface area contributed by atoms with Crippen molar-refractivity contribution in [2.75, 3.05) is 19.6 Å². The quantitative estimate of drug-likeness (QED) is 0.908. The molecule has 1 atom stereocenters. The van der Waals surface area contributed by atoms with Crippen LogP contribution in [0.3, 0.4) is 0 Å². The number of thiazole rings is 1. The maximum Gasteiger partial charge on any atom is 0.410 e. The van der Waals surface area contributed by atoms with Crippen LogP contribution in [0.2, 0.25) is 0 Å². The van der Waals surface area contributed by atoms with Gasteiger partial charge >= 0.3 is 6.09 Å². The minimum Gasteiger partial charge on any atom is -0.444 e. The Labute approximate surface area is 135 Å². The first kappa shape index (κ1) is 16.7. The third-order valence-electron chi connectivity index (χ3n) is 3.06. The Morgan fingerprint density at radius 1 is 1.50 bits per heavy atom. The minimum absolute atomic E-state index is 0.0797. The molecule has 0 spiro atoms. The number of amides is 1. The second-order valence-electron chi connectivity index (χ2n) is 6.42. The van der Waals surface area contributed by atoms with Gasteiger partial charge in [0.1, 0.15) is 16.4 Å². The van der Waals surface area contributed by atoms with Crippen LogP contribution in [-0.2, 0) is 4.74 Å². The molecule has 1 aromatic heterocycles. The highest BCUT2D eigenvalue weighted by Crippen LogP contribution is 2.18. The van der Waals surface area contributed by atoms with E-state index in [1.807, 2.05) is 40.0 Å². The molecule has 1 amide bonds. The van der Waals surface area contributed by atoms with Gasteiger partial charge in [0, 0.05) is 17.6 Å². The fraction of sp³-hybridized carbons (Fsp3) is 0.667. The molecule has 0 fully saturated rings. The second kappa shape index (κ2) is 6.64. The molecule has 0 aliphatic carbocycles. The Hall–Kier alpha value is -1.63. The van der Waals surface area contributed by atoms with E-state index in [4.69, 9.17) is 4.74 Å². The van der Waals surface area contributed by atoms with E-state index < -0.39 is 5.60 Å². The summed E-state index contributed by atoms with van der Waals surface area (Å²) in [6.07, 6.45) is -0.292. The zero-order valence-corrected chi connectivity index (χ0v) is 14.7. The highest BCUT2D eigenvalue weighted by Gasteiger charge is 2.25. The Morgan fingerprint density at radius 3 is 2.82 bits per heavy atom. The molecular weight excluding hydrogens is 300 g/mol. The van der Waals surface area contributed by atoms with Gasteiger partial charge in [-0.1, -0.05) is 0 Å². The van der Waals surface area contributed by atoms with Gasteiger partial charge in [0.25, 0.3) is 0 Å². The Morgan fingerprint density at radius 2 is 2.23 bits per heavy atom. The lowest BCUT2D eigenvalue weighted by molar-refractivity contribution is 0.0276. The van der Waals surface area contributed by atoms with Crippen LogP contribution < -0.4 is 5.32 Å². The average Bonchev–Trinajstić information content (AvgIpc) is 2.84. The third kappa shape index (κ3) is 4.69. The van der Waals surface area contributed by atoms with Crippen molar-refractivity contribution in [1.29, 1.82) is 0 Å². The third-order valence-corrected chi connectivity index (χ3v) is 4.20. The first-order valence-electron chi connectivity index (χ1n) is 7.44. The van der Waals surface area contributed by atoms with Crippen molar-refractivity contribution in [3.05, 3.63) is 16.1 Å². The SMILES string of the molecule is Cc1csc(C(C)NC2=NCCN(C(=O)OC(C)(C)C)C2)n1. The van der Waals surface area contributed by atoms with E-state index in [0.29, 0.717) is 19.6 Å². The van der Waals surface area contributed by atoms with Crippen molar-refractivity contribution < 1.29 is 9.53 Å². The molecule has 0 saturated heterocycles. The topological polar surface area (TPSA) is 66.8 Å². The zero-order valence-electron chi connectivity index (χ0n) is 13.8. The standard InChI is InChI=1S/C15H24N4O2S/c1-10-9-22-13(17-10)11(2)18-12-8-19(7-6-16-12)14(20)21-15(3,4)5/h9,11H,6-8H2,1-5H3,(H,16,18). The minimum atomic E-state index is -0.481. The predicted octanol–water partition coefficient (Wildman–Crippen LogP) is 2.75. The monoisotopic (exact) mass is 324 g/mol. The maximum absolute atomic E-state index is 12.1. The number of aromatic nitrogens is 1. The number of hydrogen-bond acceptors (Lipinski definition) is 6. The van der Waals surface area contributed by atoms with Crippen molar-refractivity contribution in [3.63, 3.8) is 0 Å². The molecule has 22 heavy (non-hydrogen) atoms. The van der Waals surface area contributed by atoms with Crippen LogP contribution >= 0.6 is 11.3 Å². The fourth-order valence-electron chi connectivity index (χ4n) is 2.07. The largest absolute Gasteiger partial charge is 0.444 e. The van der Waals surface area contributed by atoms with Crippen molar-refractivity contribution >= 4 is 23.3 Å². The molecule has 1 aliphatic rings. The number of aliphatic imine (C=N–C) groups is 1. The number of aryl methyl sites for hydroxylation is 1. The van der Waals surface area contributed by atoms with Gasteiger partial charge in [-0.2, -0.15) is 0 Å². The lowest BCUT2D eigenvalue weighted by Gasteiger charge is -2.30. The number of carbonyl (C=O) groups is 1. The molecule has 1 aromatic rings. The van der Waals surface area contributed by atoms with Crippen molar-refractivity contribution in [2.45, 2.75) is 46.3 Å². The molecule has 1 N–H and O–H groups in total. The Balaban J connectivity index is 1.93. The van der Waals surface area contributed by atoms with E-state index in [0.717, 1.165) is 16.5 Å². The fourth-order valence-corrected chi connectivity index (χ4v) is 2.88. The average molecular weight is 324 g/mol. The van der Waals surface area contributed by atoms with Crippen LogP contribution in [0, 0.1) is 6.92 Å². The van der Waals surface area contributed by atoms with Gasteiger partial charge in [0.05, 0.1) is 19.1 Å². The summed E-state index contributed by atoms with van der Waals surface area (Å²) in [5.41, 5.74) is 0.542. The number of hydrogen-bond donors (Lipinski definition) is 1. The van der Waals surface area contributed by atoms with Crippen LogP contribution in [0.15, 0.2) is 10.4 Å². The van der Waals surface area contributed by atoms with E-state index in [9.17, 15) is 4.79 Å². The second-order valence-corrected chi connectivity index (χ2v) is 7.31. The van der Waals surface area contributed by atoms with Gasteiger partial charge in [-0.25, -0.2) is 9.78 Å². The maximum atomic E-state index is 12.1. The van der Waals surface area contributed by atoms with Crippen LogP contribution in [0.1, 0.15) is 44.4 Å². The number of carbonyl (C=O) groups excluding carboxylic acids is 1. The Kier molecular flexibility index (Phi) is 5.05. The highest BCUT2D eigenvalue weighted by molar-refractivity contribution is 7.09. The van der Waals surface area contributed by atoms with Crippen molar-refractivity contribution in [2.24, 2.45) is 4.99 Å². The van der Waals surface area contributed by atoms with Crippen LogP contribution in [-0.4, -0.2) is 47.0 Å². The van der Waals surface area contributed by atoms with Crippen LogP contribution in [0.4, 0.5) is 4.79 Å². The van der Waals surface area contributed by atoms with Crippen LogP contribution in [0.25, 0.3) is 0 Å². The summed E-state index contributed by atoms with van der Waals surface area (Å²) in [6, 6.07) is 0.0797. The number of ether oxygens (including phenoxy) is 1. The summed E-state index contributed by atoms with van der Waals surface area (Å²) >= 11 is 1.63. The van der Waals surface area contributed by atoms with E-state index in [1.165, 1.54) is 0 Å². The van der Waals surface area contributed by atoms with Crippen molar-refractivity contribution in [3.8, 4) is 0 Å². The summed E-state index contributed by atoms with van der Waals surface area (Å²) in [5.74, 6) is 0.803. The van der Waals surface area contributed by atoms with Gasteiger partial charge < -0.3 is 10.1 Å². The van der Waals surface area contributed by atoms with Crippen LogP contribution in [0.5, 0.6) is 0 Å². The molecule has 2 heterocycles. The molecule has 1 unspecified atom stereocenters. The Bertz CT molecular complexity index is 562. The van der Waals surface area contributed by atoms with E-state index >= 15 is 0 Å². The summed E-state index contributed by atoms with van der Waals surface area (Å²) in [7, 11) is 0. The van der Waals surface area contributed by atoms with Crippen molar-refractivity contribution in [1.82, 2.24) is 15.2 Å². The normalized spacial score (nSPS) is 17.0. The molecule has 0 aromatic carbocycles. The summed E-state index contributed by atoms with van der Waals surface area (Å²) in [5, 5.41) is 6.40. The highest BCUT2D eigenvalue weighted by atomic mass is 32.1. The van der Waals surface area contributed by atoms with Gasteiger partial charge in [0.15, 0.2) is 0 Å². The molecule has 0 saturated carbocycles. The molecule has 7 heteroatoms. The number of nitrogens with one attached hydrogen (secondary N) is 1. The molecule has 122 valence electrons. The lowest BCUT2D eigenvalue weighted by Crippen LogP contribution is -2.47. The first-order chi connectivity index (χ1) is 10.2. The van der Waals surface area contributed by atoms with Gasteiger partial charge in [-0.3, -0.25) is 9.89 Å². The molecule has 6 nitrogen and oxygen atoms in total. The van der Waals surface area contributed by atoms with Gasteiger partial charge in [-0.05, 0) is 34.6 Å². The lowest BCUT2D eigenvalue weighted by atomic mass is 10.2. The van der Waals surface area contributed by atoms with Gasteiger partial charge in [-0.15, -0.1) is 11.3 Å².